The predicted octanol–water partition coefficient (Wildman–Crippen LogP) is 0.547. The fourth-order valence-electron chi connectivity index (χ4n) is 3.04. The first-order valence-electron chi connectivity index (χ1n) is 8.63. The lowest BCUT2D eigenvalue weighted by atomic mass is 10.1. The summed E-state index contributed by atoms with van der Waals surface area (Å²) >= 11 is 0. The third-order valence-corrected chi connectivity index (χ3v) is 6.43. The van der Waals surface area contributed by atoms with Crippen molar-refractivity contribution in [3.63, 3.8) is 0 Å². The summed E-state index contributed by atoms with van der Waals surface area (Å²) in [6, 6.07) is 6.66. The fraction of sp³-hybridized carbons (Fsp3) is 0.471. The Morgan fingerprint density at radius 2 is 2.04 bits per heavy atom. The molecule has 9 heteroatoms. The van der Waals surface area contributed by atoms with Gasteiger partial charge in [0.05, 0.1) is 35.0 Å². The minimum Gasteiger partial charge on any atom is -0.340 e. The minimum absolute atomic E-state index is 0.0257. The Kier molecular flexibility index (Phi) is 5.38. The van der Waals surface area contributed by atoms with Gasteiger partial charge in [-0.1, -0.05) is 24.3 Å². The number of aromatic nitrogens is 3. The van der Waals surface area contributed by atoms with Crippen molar-refractivity contribution in [3.8, 4) is 0 Å². The number of hydrogen-bond donors (Lipinski definition) is 1. The van der Waals surface area contributed by atoms with Gasteiger partial charge < -0.3 is 10.6 Å². The largest absolute Gasteiger partial charge is 0.340 e. The molecule has 2 aromatic rings. The first-order chi connectivity index (χ1) is 12.4. The second-order valence-electron chi connectivity index (χ2n) is 6.40. The van der Waals surface area contributed by atoms with Crippen molar-refractivity contribution in [2.45, 2.75) is 37.2 Å². The molecule has 2 heterocycles. The van der Waals surface area contributed by atoms with Crippen molar-refractivity contribution in [3.05, 3.63) is 41.7 Å². The Morgan fingerprint density at radius 3 is 2.65 bits per heavy atom. The second-order valence-corrected chi connectivity index (χ2v) is 8.68. The Morgan fingerprint density at radius 1 is 1.31 bits per heavy atom. The van der Waals surface area contributed by atoms with Crippen LogP contribution in [0.15, 0.2) is 35.4 Å². The molecule has 0 aliphatic carbocycles. The molecule has 140 valence electrons. The molecule has 0 bridgehead atoms. The number of carbonyl (C=O) groups is 1. The summed E-state index contributed by atoms with van der Waals surface area (Å²) < 4.78 is 25.5. The van der Waals surface area contributed by atoms with Gasteiger partial charge in [-0.2, -0.15) is 0 Å². The number of rotatable bonds is 6. The highest BCUT2D eigenvalue weighted by atomic mass is 32.2. The summed E-state index contributed by atoms with van der Waals surface area (Å²) in [5.41, 5.74) is 7.09. The molecule has 0 spiro atoms. The molecule has 1 aliphatic heterocycles. The van der Waals surface area contributed by atoms with Crippen LogP contribution in [-0.4, -0.2) is 53.1 Å². The van der Waals surface area contributed by atoms with Crippen molar-refractivity contribution >= 4 is 15.7 Å². The highest BCUT2D eigenvalue weighted by Gasteiger charge is 2.28. The average Bonchev–Trinajstić information content (AvgIpc) is 3.31. The van der Waals surface area contributed by atoms with Crippen LogP contribution in [0, 0.1) is 0 Å². The Balaban J connectivity index is 1.60. The van der Waals surface area contributed by atoms with Crippen molar-refractivity contribution < 1.29 is 13.2 Å². The van der Waals surface area contributed by atoms with E-state index in [-0.39, 0.29) is 24.1 Å². The highest BCUT2D eigenvalue weighted by Crippen LogP contribution is 2.22. The molecule has 1 unspecified atom stereocenters. The van der Waals surface area contributed by atoms with E-state index in [4.69, 9.17) is 5.73 Å². The van der Waals surface area contributed by atoms with E-state index in [1.54, 1.807) is 35.9 Å². The molecule has 3 rings (SSSR count). The number of nitrogens with two attached hydrogens (primary N) is 1. The topological polar surface area (TPSA) is 111 Å². The van der Waals surface area contributed by atoms with E-state index in [9.17, 15) is 13.2 Å². The summed E-state index contributed by atoms with van der Waals surface area (Å²) in [5.74, 6) is 0.0898. The lowest BCUT2D eigenvalue weighted by Crippen LogP contribution is -2.30. The van der Waals surface area contributed by atoms with Gasteiger partial charge in [0, 0.05) is 19.6 Å². The molecule has 0 saturated carbocycles. The quantitative estimate of drug-likeness (QED) is 0.787. The van der Waals surface area contributed by atoms with Gasteiger partial charge in [0.1, 0.15) is 0 Å². The number of sulfone groups is 1. The molecule has 1 fully saturated rings. The molecule has 1 atom stereocenters. The van der Waals surface area contributed by atoms with Crippen LogP contribution < -0.4 is 5.73 Å². The summed E-state index contributed by atoms with van der Waals surface area (Å²) in [6.45, 7) is 3.22. The van der Waals surface area contributed by atoms with Gasteiger partial charge in [-0.25, -0.2) is 13.1 Å². The zero-order chi connectivity index (χ0) is 18.7. The van der Waals surface area contributed by atoms with E-state index in [2.05, 4.69) is 10.3 Å². The number of nitrogens with zero attached hydrogens (tertiary/aromatic N) is 4. The van der Waals surface area contributed by atoms with Gasteiger partial charge in [-0.05, 0) is 24.1 Å². The fourth-order valence-corrected chi connectivity index (χ4v) is 3.92. The highest BCUT2D eigenvalue weighted by molar-refractivity contribution is 7.91. The maximum absolute atomic E-state index is 12.5. The molecule has 8 nitrogen and oxygen atoms in total. The maximum Gasteiger partial charge on any atom is 0.227 e. The molecule has 2 N–H and O–H groups in total. The molecule has 1 amide bonds. The van der Waals surface area contributed by atoms with Crippen LogP contribution in [-0.2, 0) is 27.6 Å². The lowest BCUT2D eigenvalue weighted by Gasteiger charge is -2.16. The van der Waals surface area contributed by atoms with E-state index < -0.39 is 9.84 Å². The van der Waals surface area contributed by atoms with E-state index in [0.717, 1.165) is 17.7 Å². The SMILES string of the molecule is CCS(=O)(=O)c1ccc(CC(=O)N2CCC(n3cc(CN)nn3)C2)cc1. The molecule has 1 aromatic heterocycles. The monoisotopic (exact) mass is 377 g/mol. The van der Waals surface area contributed by atoms with E-state index in [0.29, 0.717) is 24.5 Å². The van der Waals surface area contributed by atoms with Gasteiger partial charge >= 0.3 is 0 Å². The van der Waals surface area contributed by atoms with Crippen LogP contribution in [0.1, 0.15) is 30.6 Å². The van der Waals surface area contributed by atoms with Crippen LogP contribution in [0.5, 0.6) is 0 Å². The Labute approximate surface area is 152 Å². The number of likely N-dealkylation sites (tertiary alicyclic amines) is 1. The molecule has 1 aliphatic rings. The van der Waals surface area contributed by atoms with Crippen molar-refractivity contribution in [1.82, 2.24) is 19.9 Å². The van der Waals surface area contributed by atoms with Gasteiger partial charge in [0.15, 0.2) is 9.84 Å². The third-order valence-electron chi connectivity index (χ3n) is 4.67. The number of carbonyl (C=O) groups excluding carboxylic acids is 1. The summed E-state index contributed by atoms with van der Waals surface area (Å²) in [6.07, 6.45) is 2.91. The summed E-state index contributed by atoms with van der Waals surface area (Å²) in [4.78, 5) is 14.6. The maximum atomic E-state index is 12.5. The zero-order valence-electron chi connectivity index (χ0n) is 14.7. The van der Waals surface area contributed by atoms with Crippen LogP contribution in [0.25, 0.3) is 0 Å². The first-order valence-corrected chi connectivity index (χ1v) is 10.3. The smallest absolute Gasteiger partial charge is 0.227 e. The van der Waals surface area contributed by atoms with Crippen LogP contribution >= 0.6 is 0 Å². The normalized spacial score (nSPS) is 17.6. The number of amides is 1. The molecule has 26 heavy (non-hydrogen) atoms. The van der Waals surface area contributed by atoms with Gasteiger partial charge in [0.25, 0.3) is 0 Å². The number of hydrogen-bond acceptors (Lipinski definition) is 6. The predicted molar refractivity (Wildman–Crippen MR) is 96.0 cm³/mol. The van der Waals surface area contributed by atoms with Crippen molar-refractivity contribution in [2.24, 2.45) is 5.73 Å². The van der Waals surface area contributed by atoms with Crippen LogP contribution in [0.2, 0.25) is 0 Å². The van der Waals surface area contributed by atoms with E-state index in [1.165, 1.54) is 0 Å². The average molecular weight is 377 g/mol. The molecule has 0 radical (unpaired) electrons. The van der Waals surface area contributed by atoms with E-state index >= 15 is 0 Å². The Bertz CT molecular complexity index is 876. The van der Waals surface area contributed by atoms with Gasteiger partial charge in [0.2, 0.25) is 5.91 Å². The van der Waals surface area contributed by atoms with Crippen LogP contribution in [0.4, 0.5) is 0 Å². The lowest BCUT2D eigenvalue weighted by molar-refractivity contribution is -0.129. The summed E-state index contributed by atoms with van der Waals surface area (Å²) in [7, 11) is -3.22. The zero-order valence-corrected chi connectivity index (χ0v) is 15.5. The van der Waals surface area contributed by atoms with Crippen molar-refractivity contribution in [1.29, 1.82) is 0 Å². The first kappa shape index (κ1) is 18.5. The Hall–Kier alpha value is -2.26. The molecule has 1 aromatic carbocycles. The van der Waals surface area contributed by atoms with Crippen molar-refractivity contribution in [2.75, 3.05) is 18.8 Å². The molecular weight excluding hydrogens is 354 g/mol. The van der Waals surface area contributed by atoms with E-state index in [1.807, 2.05) is 11.1 Å². The third kappa shape index (κ3) is 3.94. The van der Waals surface area contributed by atoms with Crippen LogP contribution in [0.3, 0.4) is 0 Å². The molecule has 1 saturated heterocycles. The molecular formula is C17H23N5O3S. The second kappa shape index (κ2) is 7.55. The van der Waals surface area contributed by atoms with Gasteiger partial charge in [-0.15, -0.1) is 5.10 Å². The van der Waals surface area contributed by atoms with Gasteiger partial charge in [-0.3, -0.25) is 4.79 Å². The number of benzene rings is 1. The standard InChI is InChI=1S/C17H23N5O3S/c1-2-26(24,25)16-5-3-13(4-6-16)9-17(23)21-8-7-15(12-21)22-11-14(10-18)19-20-22/h3-6,11,15H,2,7-10,12,18H2,1H3. The summed E-state index contributed by atoms with van der Waals surface area (Å²) in [5, 5.41) is 8.07. The minimum atomic E-state index is -3.22.